The molecule has 1 aromatic carbocycles. The molecule has 1 amide bonds. The molecule has 6 nitrogen and oxygen atoms in total. The summed E-state index contributed by atoms with van der Waals surface area (Å²) in [7, 11) is 0. The molecule has 6 heteroatoms. The highest BCUT2D eigenvalue weighted by Crippen LogP contribution is 2.20. The number of benzene rings is 1. The van der Waals surface area contributed by atoms with Crippen LogP contribution in [0.2, 0.25) is 0 Å². The molecule has 0 atom stereocenters. The monoisotopic (exact) mass is 367 g/mol. The van der Waals surface area contributed by atoms with Gasteiger partial charge in [-0.3, -0.25) is 4.79 Å². The fourth-order valence-electron chi connectivity index (χ4n) is 3.51. The molecule has 0 radical (unpaired) electrons. The Morgan fingerprint density at radius 2 is 1.74 bits per heavy atom. The van der Waals surface area contributed by atoms with Gasteiger partial charge in [-0.15, -0.1) is 0 Å². The molecule has 144 valence electrons. The number of amides is 1. The van der Waals surface area contributed by atoms with Crippen molar-refractivity contribution >= 4 is 23.1 Å². The van der Waals surface area contributed by atoms with Gasteiger partial charge in [0.15, 0.2) is 0 Å². The second-order valence-electron chi connectivity index (χ2n) is 6.94. The van der Waals surface area contributed by atoms with Crippen LogP contribution in [-0.4, -0.2) is 35.0 Å². The van der Waals surface area contributed by atoms with Crippen LogP contribution in [0.5, 0.6) is 0 Å². The highest BCUT2D eigenvalue weighted by Gasteiger charge is 2.17. The number of carbonyl (C=O) groups excluding carboxylic acids is 1. The predicted molar refractivity (Wildman–Crippen MR) is 110 cm³/mol. The average Bonchev–Trinajstić information content (AvgIpc) is 2.71. The van der Waals surface area contributed by atoms with Gasteiger partial charge in [0, 0.05) is 30.5 Å². The summed E-state index contributed by atoms with van der Waals surface area (Å²) in [5.41, 5.74) is 2.51. The van der Waals surface area contributed by atoms with E-state index in [1.807, 2.05) is 12.1 Å². The van der Waals surface area contributed by atoms with Crippen LogP contribution in [0.3, 0.4) is 0 Å². The Morgan fingerprint density at radius 1 is 1.04 bits per heavy atom. The zero-order valence-corrected chi connectivity index (χ0v) is 16.2. The molecule has 0 unspecified atom stereocenters. The van der Waals surface area contributed by atoms with E-state index in [9.17, 15) is 4.79 Å². The first-order valence-corrected chi connectivity index (χ1v) is 9.94. The third kappa shape index (κ3) is 5.18. The molecule has 0 saturated heterocycles. The quantitative estimate of drug-likeness (QED) is 0.770. The Labute approximate surface area is 161 Å². The maximum Gasteiger partial charge on any atom is 0.271 e. The molecule has 1 aromatic heterocycles. The number of hydrogen-bond donors (Lipinski definition) is 2. The van der Waals surface area contributed by atoms with Gasteiger partial charge in [0.25, 0.3) is 5.91 Å². The van der Waals surface area contributed by atoms with Crippen molar-refractivity contribution in [2.45, 2.75) is 52.0 Å². The van der Waals surface area contributed by atoms with Crippen molar-refractivity contribution in [3.8, 4) is 0 Å². The number of hydrogen-bond acceptors (Lipinski definition) is 5. The zero-order valence-electron chi connectivity index (χ0n) is 16.2. The van der Waals surface area contributed by atoms with Crippen molar-refractivity contribution in [1.82, 2.24) is 15.3 Å². The second kappa shape index (κ2) is 9.35. The summed E-state index contributed by atoms with van der Waals surface area (Å²) in [6, 6.07) is 8.51. The third-order valence-electron chi connectivity index (χ3n) is 5.09. The zero-order chi connectivity index (χ0) is 19.1. The lowest BCUT2D eigenvalue weighted by Gasteiger charge is -2.22. The average molecular weight is 367 g/mol. The molecule has 1 aliphatic carbocycles. The van der Waals surface area contributed by atoms with Gasteiger partial charge in [-0.25, -0.2) is 9.97 Å². The molecule has 0 bridgehead atoms. The molecule has 0 aliphatic heterocycles. The lowest BCUT2D eigenvalue weighted by Crippen LogP contribution is -2.36. The lowest BCUT2D eigenvalue weighted by molar-refractivity contribution is 0.0922. The van der Waals surface area contributed by atoms with Crippen molar-refractivity contribution < 1.29 is 4.79 Å². The van der Waals surface area contributed by atoms with E-state index in [1.54, 1.807) is 6.20 Å². The Hall–Kier alpha value is -2.63. The molecular weight excluding hydrogens is 338 g/mol. The lowest BCUT2D eigenvalue weighted by atomic mass is 9.95. The van der Waals surface area contributed by atoms with Crippen molar-refractivity contribution in [3.05, 3.63) is 42.4 Å². The van der Waals surface area contributed by atoms with Crippen molar-refractivity contribution in [3.63, 3.8) is 0 Å². The van der Waals surface area contributed by atoms with Crippen LogP contribution < -0.4 is 15.5 Å². The standard InChI is InChI=1S/C21H29N5O/c1-3-26(4-2)18-12-10-17(11-13-18)24-20-15-22-19(14-23-20)21(27)25-16-8-6-5-7-9-16/h10-16H,3-9H2,1-2H3,(H,23,24)(H,25,27). The van der Waals surface area contributed by atoms with E-state index in [2.05, 4.69) is 51.5 Å². The summed E-state index contributed by atoms with van der Waals surface area (Å²) in [5.74, 6) is 0.490. The van der Waals surface area contributed by atoms with E-state index in [1.165, 1.54) is 31.1 Å². The molecule has 1 fully saturated rings. The van der Waals surface area contributed by atoms with Crippen LogP contribution in [0.15, 0.2) is 36.7 Å². The minimum Gasteiger partial charge on any atom is -0.372 e. The van der Waals surface area contributed by atoms with E-state index in [4.69, 9.17) is 0 Å². The van der Waals surface area contributed by atoms with Crippen LogP contribution in [0.1, 0.15) is 56.4 Å². The smallest absolute Gasteiger partial charge is 0.271 e. The summed E-state index contributed by atoms with van der Waals surface area (Å²) in [6.45, 7) is 6.27. The number of anilines is 3. The molecule has 1 saturated carbocycles. The maximum absolute atomic E-state index is 12.3. The van der Waals surface area contributed by atoms with Crippen LogP contribution in [0.25, 0.3) is 0 Å². The molecular formula is C21H29N5O. The van der Waals surface area contributed by atoms with Crippen molar-refractivity contribution in [2.24, 2.45) is 0 Å². The minimum absolute atomic E-state index is 0.135. The van der Waals surface area contributed by atoms with E-state index >= 15 is 0 Å². The van der Waals surface area contributed by atoms with Gasteiger partial charge in [0.1, 0.15) is 11.5 Å². The summed E-state index contributed by atoms with van der Waals surface area (Å²) >= 11 is 0. The number of aromatic nitrogens is 2. The van der Waals surface area contributed by atoms with Crippen molar-refractivity contribution in [2.75, 3.05) is 23.3 Å². The van der Waals surface area contributed by atoms with Crippen LogP contribution in [0.4, 0.5) is 17.2 Å². The SMILES string of the molecule is CCN(CC)c1ccc(Nc2cnc(C(=O)NC3CCCCC3)cn2)cc1. The molecule has 2 N–H and O–H groups in total. The Kier molecular flexibility index (Phi) is 6.63. The maximum atomic E-state index is 12.3. The summed E-state index contributed by atoms with van der Waals surface area (Å²) in [5, 5.41) is 6.30. The first kappa shape index (κ1) is 19.1. The highest BCUT2D eigenvalue weighted by molar-refractivity contribution is 5.92. The number of carbonyl (C=O) groups is 1. The first-order chi connectivity index (χ1) is 13.2. The van der Waals surface area contributed by atoms with Crippen molar-refractivity contribution in [1.29, 1.82) is 0 Å². The van der Waals surface area contributed by atoms with Gasteiger partial charge >= 0.3 is 0 Å². The first-order valence-electron chi connectivity index (χ1n) is 9.94. The topological polar surface area (TPSA) is 70.2 Å². The summed E-state index contributed by atoms with van der Waals surface area (Å²) < 4.78 is 0. The van der Waals surface area contributed by atoms with Crippen LogP contribution in [-0.2, 0) is 0 Å². The van der Waals surface area contributed by atoms with Gasteiger partial charge in [-0.1, -0.05) is 19.3 Å². The van der Waals surface area contributed by atoms with E-state index in [0.29, 0.717) is 11.5 Å². The minimum atomic E-state index is -0.135. The Balaban J connectivity index is 1.57. The summed E-state index contributed by atoms with van der Waals surface area (Å²) in [4.78, 5) is 23.2. The second-order valence-corrected chi connectivity index (χ2v) is 6.94. The number of rotatable bonds is 7. The Bertz CT molecular complexity index is 719. The largest absolute Gasteiger partial charge is 0.372 e. The molecule has 1 heterocycles. The molecule has 0 spiro atoms. The highest BCUT2D eigenvalue weighted by atomic mass is 16.1. The number of nitrogens with zero attached hydrogens (tertiary/aromatic N) is 3. The number of nitrogens with one attached hydrogen (secondary N) is 2. The molecule has 27 heavy (non-hydrogen) atoms. The van der Waals surface area contributed by atoms with E-state index in [-0.39, 0.29) is 11.9 Å². The summed E-state index contributed by atoms with van der Waals surface area (Å²) in [6.07, 6.45) is 8.89. The molecule has 1 aliphatic rings. The van der Waals surface area contributed by atoms with Gasteiger partial charge < -0.3 is 15.5 Å². The van der Waals surface area contributed by atoms with Crippen LogP contribution >= 0.6 is 0 Å². The normalized spacial score (nSPS) is 14.6. The van der Waals surface area contributed by atoms with E-state index < -0.39 is 0 Å². The predicted octanol–water partition coefficient (Wildman–Crippen LogP) is 4.13. The molecule has 3 rings (SSSR count). The van der Waals surface area contributed by atoms with Gasteiger partial charge in [-0.2, -0.15) is 0 Å². The van der Waals surface area contributed by atoms with Gasteiger partial charge in [-0.05, 0) is 51.0 Å². The third-order valence-corrected chi connectivity index (χ3v) is 5.09. The van der Waals surface area contributed by atoms with Crippen LogP contribution in [0, 0.1) is 0 Å². The fraction of sp³-hybridized carbons (Fsp3) is 0.476. The molecule has 2 aromatic rings. The van der Waals surface area contributed by atoms with Gasteiger partial charge in [0.05, 0.1) is 12.4 Å². The fourth-order valence-corrected chi connectivity index (χ4v) is 3.51. The van der Waals surface area contributed by atoms with E-state index in [0.717, 1.165) is 31.6 Å². The van der Waals surface area contributed by atoms with Gasteiger partial charge in [0.2, 0.25) is 0 Å². The Morgan fingerprint density at radius 3 is 2.33 bits per heavy atom.